The highest BCUT2D eigenvalue weighted by molar-refractivity contribution is 7.89. The molecule has 2 heterocycles. The predicted octanol–water partition coefficient (Wildman–Crippen LogP) is 1.56. The molecule has 0 bridgehead atoms. The summed E-state index contributed by atoms with van der Waals surface area (Å²) in [4.78, 5) is 2.07. The molecule has 0 spiro atoms. The van der Waals surface area contributed by atoms with E-state index in [2.05, 4.69) is 32.5 Å². The van der Waals surface area contributed by atoms with E-state index in [4.69, 9.17) is 0 Å². The fraction of sp³-hybridized carbons (Fsp3) is 0.412. The van der Waals surface area contributed by atoms with Gasteiger partial charge in [-0.1, -0.05) is 30.3 Å². The number of nitrogens with one attached hydrogen (secondary N) is 1. The average molecular weight is 361 g/mol. The van der Waals surface area contributed by atoms with E-state index in [1.807, 2.05) is 30.3 Å². The maximum absolute atomic E-state index is 11.9. The molecule has 0 unspecified atom stereocenters. The Morgan fingerprint density at radius 1 is 1.00 bits per heavy atom. The molecule has 0 amide bonds. The van der Waals surface area contributed by atoms with Crippen molar-refractivity contribution in [3.05, 3.63) is 48.0 Å². The number of benzene rings is 1. The maximum Gasteiger partial charge on any atom is 0.213 e. The zero-order valence-corrected chi connectivity index (χ0v) is 15.1. The minimum absolute atomic E-state index is 0.147. The van der Waals surface area contributed by atoms with Crippen molar-refractivity contribution in [2.45, 2.75) is 13.5 Å². The van der Waals surface area contributed by atoms with Crippen LogP contribution < -0.4 is 10.2 Å². The molecule has 1 aliphatic rings. The van der Waals surface area contributed by atoms with E-state index in [9.17, 15) is 8.42 Å². The van der Waals surface area contributed by atoms with E-state index < -0.39 is 10.0 Å². The van der Waals surface area contributed by atoms with E-state index in [0.29, 0.717) is 32.7 Å². The lowest BCUT2D eigenvalue weighted by atomic mass is 10.2. The molecule has 25 heavy (non-hydrogen) atoms. The summed E-state index contributed by atoms with van der Waals surface area (Å²) < 4.78 is 25.4. The van der Waals surface area contributed by atoms with Crippen LogP contribution >= 0.6 is 0 Å². The molecule has 0 saturated carbocycles. The second kappa shape index (κ2) is 7.79. The van der Waals surface area contributed by atoms with Gasteiger partial charge in [0.2, 0.25) is 10.0 Å². The van der Waals surface area contributed by atoms with E-state index in [1.54, 1.807) is 11.2 Å². The summed E-state index contributed by atoms with van der Waals surface area (Å²) in [5.41, 5.74) is 1.18. The first-order valence-electron chi connectivity index (χ1n) is 8.43. The Morgan fingerprint density at radius 3 is 2.32 bits per heavy atom. The molecule has 2 aromatic rings. The molecule has 1 N–H and O–H groups in total. The molecule has 7 nitrogen and oxygen atoms in total. The quantitative estimate of drug-likeness (QED) is 0.841. The molecule has 0 atom stereocenters. The lowest BCUT2D eigenvalue weighted by Crippen LogP contribution is -2.49. The molecule has 1 fully saturated rings. The van der Waals surface area contributed by atoms with Gasteiger partial charge in [-0.3, -0.25) is 0 Å². The fourth-order valence-electron chi connectivity index (χ4n) is 2.75. The van der Waals surface area contributed by atoms with Gasteiger partial charge in [0.1, 0.15) is 5.82 Å². The van der Waals surface area contributed by atoms with Crippen LogP contribution in [0.2, 0.25) is 0 Å². The summed E-state index contributed by atoms with van der Waals surface area (Å²) in [5, 5.41) is 11.7. The predicted molar refractivity (Wildman–Crippen MR) is 99.0 cm³/mol. The van der Waals surface area contributed by atoms with Crippen molar-refractivity contribution in [2.24, 2.45) is 0 Å². The average Bonchev–Trinajstić information content (AvgIpc) is 2.68. The largest absolute Gasteiger partial charge is 0.365 e. The van der Waals surface area contributed by atoms with Gasteiger partial charge in [-0.2, -0.15) is 4.31 Å². The van der Waals surface area contributed by atoms with Crippen molar-refractivity contribution in [1.82, 2.24) is 14.5 Å². The van der Waals surface area contributed by atoms with Crippen LogP contribution in [0.1, 0.15) is 12.5 Å². The van der Waals surface area contributed by atoms with Crippen LogP contribution in [-0.2, 0) is 16.6 Å². The van der Waals surface area contributed by atoms with E-state index in [-0.39, 0.29) is 5.75 Å². The van der Waals surface area contributed by atoms with Crippen molar-refractivity contribution in [3.63, 3.8) is 0 Å². The highest BCUT2D eigenvalue weighted by atomic mass is 32.2. The molecule has 1 saturated heterocycles. The summed E-state index contributed by atoms with van der Waals surface area (Å²) in [5.74, 6) is 1.65. The monoisotopic (exact) mass is 361 g/mol. The Bertz CT molecular complexity index is 772. The fourth-order valence-corrected chi connectivity index (χ4v) is 3.84. The molecule has 0 aliphatic carbocycles. The highest BCUT2D eigenvalue weighted by Gasteiger charge is 2.26. The van der Waals surface area contributed by atoms with Gasteiger partial charge in [-0.15, -0.1) is 10.2 Å². The Morgan fingerprint density at radius 2 is 1.72 bits per heavy atom. The normalized spacial score (nSPS) is 16.0. The highest BCUT2D eigenvalue weighted by Crippen LogP contribution is 2.16. The topological polar surface area (TPSA) is 78.4 Å². The first kappa shape index (κ1) is 17.6. The summed E-state index contributed by atoms with van der Waals surface area (Å²) in [6, 6.07) is 13.9. The van der Waals surface area contributed by atoms with Gasteiger partial charge in [0, 0.05) is 32.7 Å². The van der Waals surface area contributed by atoms with Gasteiger partial charge in [0.05, 0.1) is 5.75 Å². The Labute approximate surface area is 148 Å². The number of piperazine rings is 1. The number of aromatic nitrogens is 2. The number of hydrogen-bond donors (Lipinski definition) is 1. The second-order valence-electron chi connectivity index (χ2n) is 5.90. The van der Waals surface area contributed by atoms with Crippen molar-refractivity contribution in [1.29, 1.82) is 0 Å². The van der Waals surface area contributed by atoms with Crippen LogP contribution in [-0.4, -0.2) is 54.9 Å². The van der Waals surface area contributed by atoms with Gasteiger partial charge in [-0.25, -0.2) is 8.42 Å². The first-order chi connectivity index (χ1) is 12.1. The Hall–Kier alpha value is -2.19. The van der Waals surface area contributed by atoms with Gasteiger partial charge in [0.25, 0.3) is 0 Å². The summed E-state index contributed by atoms with van der Waals surface area (Å²) in [6.07, 6.45) is 0. The molecule has 3 rings (SSSR count). The van der Waals surface area contributed by atoms with E-state index >= 15 is 0 Å². The Balaban J connectivity index is 1.54. The number of anilines is 2. The first-order valence-corrected chi connectivity index (χ1v) is 10.0. The minimum atomic E-state index is -3.11. The third kappa shape index (κ3) is 4.46. The molecule has 134 valence electrons. The molecule has 1 aliphatic heterocycles. The summed E-state index contributed by atoms with van der Waals surface area (Å²) >= 11 is 0. The second-order valence-corrected chi connectivity index (χ2v) is 8.16. The van der Waals surface area contributed by atoms with Gasteiger partial charge >= 0.3 is 0 Å². The maximum atomic E-state index is 11.9. The number of hydrogen-bond acceptors (Lipinski definition) is 6. The van der Waals surface area contributed by atoms with Crippen LogP contribution in [0, 0.1) is 0 Å². The summed E-state index contributed by atoms with van der Waals surface area (Å²) in [6.45, 7) is 4.61. The van der Waals surface area contributed by atoms with E-state index in [0.717, 1.165) is 11.6 Å². The smallest absolute Gasteiger partial charge is 0.213 e. The lowest BCUT2D eigenvalue weighted by molar-refractivity contribution is 0.384. The van der Waals surface area contributed by atoms with Crippen LogP contribution in [0.3, 0.4) is 0 Å². The van der Waals surface area contributed by atoms with Gasteiger partial charge in [0.15, 0.2) is 5.82 Å². The molecular weight excluding hydrogens is 338 g/mol. The molecule has 0 radical (unpaired) electrons. The van der Waals surface area contributed by atoms with Crippen molar-refractivity contribution in [2.75, 3.05) is 42.1 Å². The van der Waals surface area contributed by atoms with E-state index in [1.165, 1.54) is 5.56 Å². The van der Waals surface area contributed by atoms with Gasteiger partial charge in [-0.05, 0) is 24.6 Å². The molecule has 8 heteroatoms. The van der Waals surface area contributed by atoms with Crippen LogP contribution in [0.5, 0.6) is 0 Å². The minimum Gasteiger partial charge on any atom is -0.365 e. The summed E-state index contributed by atoms with van der Waals surface area (Å²) in [7, 11) is -3.11. The lowest BCUT2D eigenvalue weighted by Gasteiger charge is -2.34. The SMILES string of the molecule is CCS(=O)(=O)N1CCN(c2ccc(NCc3ccccc3)nn2)CC1. The zero-order chi connectivity index (χ0) is 17.7. The van der Waals surface area contributed by atoms with Crippen molar-refractivity contribution in [3.8, 4) is 0 Å². The molecular formula is C17H23N5O2S. The van der Waals surface area contributed by atoms with Crippen LogP contribution in [0.15, 0.2) is 42.5 Å². The number of nitrogens with zero attached hydrogens (tertiary/aromatic N) is 4. The molecule has 1 aromatic carbocycles. The van der Waals surface area contributed by atoms with Crippen molar-refractivity contribution < 1.29 is 8.42 Å². The third-order valence-corrected chi connectivity index (χ3v) is 6.17. The van der Waals surface area contributed by atoms with Gasteiger partial charge < -0.3 is 10.2 Å². The number of sulfonamides is 1. The molecule has 1 aromatic heterocycles. The van der Waals surface area contributed by atoms with Crippen molar-refractivity contribution >= 4 is 21.7 Å². The van der Waals surface area contributed by atoms with Crippen LogP contribution in [0.4, 0.5) is 11.6 Å². The zero-order valence-electron chi connectivity index (χ0n) is 14.3. The standard InChI is InChI=1S/C17H23N5O2S/c1-2-25(23,24)22-12-10-21(11-13-22)17-9-8-16(19-20-17)18-14-15-6-4-3-5-7-15/h3-9H,2,10-14H2,1H3,(H,18,19). The number of rotatable bonds is 6. The third-order valence-electron chi connectivity index (χ3n) is 4.29. The van der Waals surface area contributed by atoms with Crippen LogP contribution in [0.25, 0.3) is 0 Å². The Kier molecular flexibility index (Phi) is 5.50.